The van der Waals surface area contributed by atoms with E-state index >= 15 is 0 Å². The third-order valence-corrected chi connectivity index (χ3v) is 6.43. The van der Waals surface area contributed by atoms with Gasteiger partial charge in [-0.25, -0.2) is 9.59 Å². The van der Waals surface area contributed by atoms with Crippen LogP contribution in [-0.2, 0) is 14.3 Å². The smallest absolute Gasteiger partial charge is 0.340 e. The number of ether oxygens (including phenoxy) is 4. The van der Waals surface area contributed by atoms with Crippen LogP contribution in [0.25, 0.3) is 0 Å². The Bertz CT molecular complexity index is 1370. The van der Waals surface area contributed by atoms with Gasteiger partial charge in [0, 0.05) is 42.3 Å². The third-order valence-electron chi connectivity index (χ3n) is 6.43. The highest BCUT2D eigenvalue weighted by Gasteiger charge is 2.22. The molecule has 0 bridgehead atoms. The summed E-state index contributed by atoms with van der Waals surface area (Å²) in [6, 6.07) is 16.3. The first-order chi connectivity index (χ1) is 21.2. The van der Waals surface area contributed by atoms with E-state index in [9.17, 15) is 14.4 Å². The number of methoxy groups -OCH3 is 1. The Morgan fingerprint density at radius 1 is 0.886 bits per heavy atom. The second kappa shape index (κ2) is 17.3. The van der Waals surface area contributed by atoms with Crippen LogP contribution < -0.4 is 36.5 Å². The van der Waals surface area contributed by atoms with Gasteiger partial charge in [0.15, 0.2) is 11.5 Å². The molecule has 1 aliphatic heterocycles. The summed E-state index contributed by atoms with van der Waals surface area (Å²) in [4.78, 5) is 38.0. The first-order valence-electron chi connectivity index (χ1n) is 14.4. The lowest BCUT2D eigenvalue weighted by atomic mass is 9.99. The number of hydrogen-bond acceptors (Lipinski definition) is 9. The molecule has 3 aromatic rings. The third kappa shape index (κ3) is 10.2. The lowest BCUT2D eigenvalue weighted by Gasteiger charge is -2.18. The summed E-state index contributed by atoms with van der Waals surface area (Å²) >= 11 is 0. The number of nitrogens with one attached hydrogen (secondary N) is 4. The van der Waals surface area contributed by atoms with Crippen molar-refractivity contribution in [2.75, 3.05) is 68.3 Å². The number of carbonyl (C=O) groups is 3. The van der Waals surface area contributed by atoms with Gasteiger partial charge in [-0.2, -0.15) is 0 Å². The molecule has 1 saturated heterocycles. The average Bonchev–Trinajstić information content (AvgIpc) is 3.03. The van der Waals surface area contributed by atoms with E-state index in [-0.39, 0.29) is 23.8 Å². The number of rotatable bonds is 10. The number of anilines is 4. The largest absolute Gasteiger partial charge is 0.493 e. The molecule has 3 aromatic carbocycles. The van der Waals surface area contributed by atoms with E-state index in [1.54, 1.807) is 68.4 Å². The number of esters is 1. The van der Waals surface area contributed by atoms with Crippen molar-refractivity contribution >= 4 is 40.7 Å². The fourth-order valence-electron chi connectivity index (χ4n) is 4.09. The molecule has 0 saturated carbocycles. The van der Waals surface area contributed by atoms with Gasteiger partial charge < -0.3 is 45.9 Å². The number of morpholine rings is 1. The molecule has 0 aromatic heterocycles. The van der Waals surface area contributed by atoms with Crippen molar-refractivity contribution in [3.63, 3.8) is 0 Å². The Kier molecular flexibility index (Phi) is 13.3. The van der Waals surface area contributed by atoms with Crippen molar-refractivity contribution in [1.82, 2.24) is 5.32 Å². The topological polar surface area (TPSA) is 162 Å². The predicted octanol–water partition coefficient (Wildman–Crippen LogP) is 4.85. The number of nitrogens with two attached hydrogens (primary N) is 1. The number of nitrogen functional groups attached to an aromatic ring is 1. The monoisotopic (exact) mass is 607 g/mol. The molecule has 44 heavy (non-hydrogen) atoms. The van der Waals surface area contributed by atoms with Crippen LogP contribution in [0, 0.1) is 0 Å². The lowest BCUT2D eigenvalue weighted by Crippen LogP contribution is -2.30. The van der Waals surface area contributed by atoms with Gasteiger partial charge in [0.25, 0.3) is 0 Å². The molecule has 1 atom stereocenters. The van der Waals surface area contributed by atoms with Gasteiger partial charge in [-0.1, -0.05) is 12.1 Å². The van der Waals surface area contributed by atoms with Gasteiger partial charge in [-0.05, 0) is 62.7 Å². The Balaban J connectivity index is 0.000000785. The molecule has 236 valence electrons. The van der Waals surface area contributed by atoms with Crippen molar-refractivity contribution in [2.24, 2.45) is 0 Å². The summed E-state index contributed by atoms with van der Waals surface area (Å²) in [7, 11) is 1.47. The molecule has 1 fully saturated rings. The Labute approximate surface area is 257 Å². The van der Waals surface area contributed by atoms with Crippen LogP contribution in [0.1, 0.15) is 42.6 Å². The van der Waals surface area contributed by atoms with Crippen LogP contribution in [0.3, 0.4) is 0 Å². The van der Waals surface area contributed by atoms with Crippen LogP contribution in [0.15, 0.2) is 60.7 Å². The molecule has 0 aliphatic carbocycles. The van der Waals surface area contributed by atoms with Gasteiger partial charge in [-0.3, -0.25) is 4.79 Å². The van der Waals surface area contributed by atoms with Crippen LogP contribution in [0.4, 0.5) is 27.5 Å². The molecule has 4 rings (SSSR count). The molecule has 0 spiro atoms. The Hall–Kier alpha value is -4.81. The number of urea groups is 1. The van der Waals surface area contributed by atoms with Gasteiger partial charge in [0.2, 0.25) is 5.91 Å². The highest BCUT2D eigenvalue weighted by Crippen LogP contribution is 2.35. The maximum atomic E-state index is 13.1. The molecule has 12 heteroatoms. The normalized spacial score (nSPS) is 12.9. The Morgan fingerprint density at radius 2 is 1.50 bits per heavy atom. The Morgan fingerprint density at radius 3 is 2.00 bits per heavy atom. The zero-order valence-corrected chi connectivity index (χ0v) is 25.5. The molecule has 6 N–H and O–H groups in total. The zero-order valence-electron chi connectivity index (χ0n) is 25.5. The molecule has 1 heterocycles. The average molecular weight is 608 g/mol. The van der Waals surface area contributed by atoms with Crippen LogP contribution in [-0.4, -0.2) is 64.5 Å². The molecule has 12 nitrogen and oxygen atoms in total. The number of hydrogen-bond donors (Lipinski definition) is 5. The van der Waals surface area contributed by atoms with E-state index in [2.05, 4.69) is 21.3 Å². The molecular weight excluding hydrogens is 566 g/mol. The number of benzene rings is 3. The highest BCUT2D eigenvalue weighted by molar-refractivity contribution is 6.04. The first-order valence-corrected chi connectivity index (χ1v) is 14.4. The fraction of sp³-hybridized carbons (Fsp3) is 0.344. The minimum Gasteiger partial charge on any atom is -0.493 e. The molecule has 0 radical (unpaired) electrons. The maximum Gasteiger partial charge on any atom is 0.340 e. The second-order valence-corrected chi connectivity index (χ2v) is 9.60. The van der Waals surface area contributed by atoms with Crippen LogP contribution in [0.5, 0.6) is 11.5 Å². The van der Waals surface area contributed by atoms with Crippen molar-refractivity contribution < 1.29 is 33.3 Å². The van der Waals surface area contributed by atoms with Gasteiger partial charge in [0.1, 0.15) is 0 Å². The summed E-state index contributed by atoms with van der Waals surface area (Å²) in [6.07, 6.45) is 0. The standard InChI is InChI=1S/C28H32N4O6.C4H9NO/c1-5-37-25-16-23(22(15-24(25)36-4)27(34)38-6-2)32-26(33)17(3)18-7-11-20(12-8-18)30-28(35)31-21-13-9-19(29)10-14-21;1-3-6-4-2-5-1/h7-17H,5-6,29H2,1-4H3,(H,32,33)(H2,30,31,35);5H,1-4H2. The maximum absolute atomic E-state index is 13.1. The van der Waals surface area contributed by atoms with E-state index in [0.29, 0.717) is 40.7 Å². The summed E-state index contributed by atoms with van der Waals surface area (Å²) < 4.78 is 21.1. The van der Waals surface area contributed by atoms with Crippen molar-refractivity contribution in [2.45, 2.75) is 26.7 Å². The van der Waals surface area contributed by atoms with Crippen molar-refractivity contribution in [3.05, 3.63) is 71.8 Å². The SMILES string of the molecule is C1COCCN1.CCOC(=O)c1cc(OC)c(OCC)cc1NC(=O)C(C)c1ccc(NC(=O)Nc2ccc(N)cc2)cc1. The molecular formula is C32H41N5O7. The second-order valence-electron chi connectivity index (χ2n) is 9.60. The van der Waals surface area contributed by atoms with Crippen LogP contribution >= 0.6 is 0 Å². The summed E-state index contributed by atoms with van der Waals surface area (Å²) in [5.74, 6) is -0.766. The first kappa shape index (κ1) is 33.7. The van der Waals surface area contributed by atoms with Crippen molar-refractivity contribution in [1.29, 1.82) is 0 Å². The van der Waals surface area contributed by atoms with E-state index < -0.39 is 17.9 Å². The quantitative estimate of drug-likeness (QED) is 0.160. The van der Waals surface area contributed by atoms with E-state index in [1.165, 1.54) is 13.2 Å². The lowest BCUT2D eigenvalue weighted by molar-refractivity contribution is -0.117. The summed E-state index contributed by atoms with van der Waals surface area (Å²) in [5, 5.41) is 11.4. The molecule has 3 amide bonds. The van der Waals surface area contributed by atoms with Gasteiger partial charge in [0.05, 0.1) is 50.7 Å². The minimum atomic E-state index is -0.593. The van der Waals surface area contributed by atoms with Gasteiger partial charge in [-0.15, -0.1) is 0 Å². The molecule has 1 aliphatic rings. The highest BCUT2D eigenvalue weighted by atomic mass is 16.5. The molecule has 1 unspecified atom stereocenters. The van der Waals surface area contributed by atoms with E-state index in [4.69, 9.17) is 24.7 Å². The van der Waals surface area contributed by atoms with Crippen LogP contribution in [0.2, 0.25) is 0 Å². The van der Waals surface area contributed by atoms with Gasteiger partial charge >= 0.3 is 12.0 Å². The summed E-state index contributed by atoms with van der Waals surface area (Å²) in [6.45, 7) is 9.64. The number of amides is 3. The van der Waals surface area contributed by atoms with Crippen molar-refractivity contribution in [3.8, 4) is 11.5 Å². The fourth-order valence-corrected chi connectivity index (χ4v) is 4.09. The van der Waals surface area contributed by atoms with E-state index in [0.717, 1.165) is 26.3 Å². The number of carbonyl (C=O) groups excluding carboxylic acids is 3. The van der Waals surface area contributed by atoms with E-state index in [1.807, 2.05) is 6.92 Å². The minimum absolute atomic E-state index is 0.152. The zero-order chi connectivity index (χ0) is 31.9. The summed E-state index contributed by atoms with van der Waals surface area (Å²) in [5.41, 5.74) is 8.53. The predicted molar refractivity (Wildman–Crippen MR) is 171 cm³/mol.